The van der Waals surface area contributed by atoms with Crippen LogP contribution in [0.25, 0.3) is 20.9 Å². The molecule has 0 bridgehead atoms. The number of amides is 1. The van der Waals surface area contributed by atoms with Crippen molar-refractivity contribution >= 4 is 65.3 Å². The van der Waals surface area contributed by atoms with Crippen LogP contribution < -0.4 is 5.32 Å². The van der Waals surface area contributed by atoms with Crippen molar-refractivity contribution in [3.63, 3.8) is 0 Å². The van der Waals surface area contributed by atoms with E-state index in [-0.39, 0.29) is 10.1 Å². The Morgan fingerprint density at radius 2 is 1.97 bits per heavy atom. The Bertz CT molecular complexity index is 1290. The van der Waals surface area contributed by atoms with E-state index >= 15 is 0 Å². The molecule has 160 valence electrons. The Balaban J connectivity index is 1.35. The number of carbonyl (C=O) groups excluding carboxylic acids is 1. The van der Waals surface area contributed by atoms with Crippen LogP contribution in [0.5, 0.6) is 0 Å². The highest BCUT2D eigenvalue weighted by Gasteiger charge is 2.38. The van der Waals surface area contributed by atoms with Gasteiger partial charge in [0.1, 0.15) is 21.0 Å². The smallest absolute Gasteiger partial charge is 0.253 e. The number of rotatable bonds is 5. The van der Waals surface area contributed by atoms with Crippen LogP contribution in [-0.2, 0) is 14.8 Å². The lowest BCUT2D eigenvalue weighted by Gasteiger charge is -2.32. The van der Waals surface area contributed by atoms with E-state index in [0.717, 1.165) is 28.1 Å². The van der Waals surface area contributed by atoms with Gasteiger partial charge in [0.15, 0.2) is 5.13 Å². The molecule has 7 nitrogen and oxygen atoms in total. The number of carbonyl (C=O) groups is 1. The van der Waals surface area contributed by atoms with Crippen LogP contribution >= 0.6 is 34.0 Å². The predicted octanol–water partition coefficient (Wildman–Crippen LogP) is 4.66. The molecule has 0 aliphatic carbocycles. The molecule has 5 rings (SSSR count). The molecule has 1 aliphatic heterocycles. The molecule has 0 saturated carbocycles. The van der Waals surface area contributed by atoms with E-state index in [9.17, 15) is 13.2 Å². The van der Waals surface area contributed by atoms with E-state index in [4.69, 9.17) is 0 Å². The molecule has 0 spiro atoms. The maximum atomic E-state index is 13.0. The van der Waals surface area contributed by atoms with Crippen molar-refractivity contribution in [2.75, 3.05) is 11.9 Å². The molecule has 4 aromatic rings. The summed E-state index contributed by atoms with van der Waals surface area (Å²) in [6.07, 6.45) is 2.04. The first-order valence-corrected chi connectivity index (χ1v) is 13.7. The molecule has 1 saturated heterocycles. The number of thiophene rings is 1. The van der Waals surface area contributed by atoms with Gasteiger partial charge >= 0.3 is 0 Å². The van der Waals surface area contributed by atoms with Crippen molar-refractivity contribution in [1.29, 1.82) is 0 Å². The number of thiazole rings is 2. The van der Waals surface area contributed by atoms with Crippen molar-refractivity contribution in [1.82, 2.24) is 14.3 Å². The van der Waals surface area contributed by atoms with Gasteiger partial charge in [-0.05, 0) is 36.4 Å². The van der Waals surface area contributed by atoms with Crippen LogP contribution in [0.15, 0.2) is 51.4 Å². The molecule has 0 radical (unpaired) electrons. The summed E-state index contributed by atoms with van der Waals surface area (Å²) in [5.41, 5.74) is 1.62. The van der Waals surface area contributed by atoms with Gasteiger partial charge in [0.05, 0.1) is 10.2 Å². The Morgan fingerprint density at radius 3 is 2.77 bits per heavy atom. The van der Waals surface area contributed by atoms with Crippen LogP contribution in [0.4, 0.5) is 5.13 Å². The third-order valence-electron chi connectivity index (χ3n) is 5.06. The topological polar surface area (TPSA) is 92.3 Å². The van der Waals surface area contributed by atoms with Gasteiger partial charge in [-0.15, -0.1) is 34.0 Å². The van der Waals surface area contributed by atoms with Crippen molar-refractivity contribution in [2.24, 2.45) is 0 Å². The molecule has 1 unspecified atom stereocenters. The second-order valence-electron chi connectivity index (χ2n) is 7.07. The fourth-order valence-electron chi connectivity index (χ4n) is 3.58. The second kappa shape index (κ2) is 8.40. The summed E-state index contributed by atoms with van der Waals surface area (Å²) >= 11 is 4.02. The molecule has 3 aromatic heterocycles. The van der Waals surface area contributed by atoms with E-state index in [1.807, 2.05) is 29.6 Å². The molecule has 1 N–H and O–H groups in total. The summed E-state index contributed by atoms with van der Waals surface area (Å²) < 4.78 is 28.7. The predicted molar refractivity (Wildman–Crippen MR) is 125 cm³/mol. The maximum absolute atomic E-state index is 13.0. The number of benzene rings is 1. The molecule has 1 amide bonds. The first kappa shape index (κ1) is 20.7. The van der Waals surface area contributed by atoms with E-state index < -0.39 is 16.1 Å². The second-order valence-corrected chi connectivity index (χ2v) is 12.0. The normalized spacial score (nSPS) is 17.7. The van der Waals surface area contributed by atoms with Gasteiger partial charge in [-0.3, -0.25) is 4.79 Å². The number of hydrogen-bond acceptors (Lipinski definition) is 8. The quantitative estimate of drug-likeness (QED) is 0.439. The maximum Gasteiger partial charge on any atom is 0.253 e. The van der Waals surface area contributed by atoms with Crippen molar-refractivity contribution in [3.05, 3.63) is 47.2 Å². The zero-order chi connectivity index (χ0) is 21.4. The highest BCUT2D eigenvalue weighted by atomic mass is 32.2. The van der Waals surface area contributed by atoms with E-state index in [0.29, 0.717) is 23.8 Å². The monoisotopic (exact) mass is 490 g/mol. The number of fused-ring (bicyclic) bond motifs is 1. The number of piperidine rings is 1. The molecular weight excluding hydrogens is 473 g/mol. The highest BCUT2D eigenvalue weighted by molar-refractivity contribution is 7.91. The fraction of sp³-hybridized carbons (Fsp3) is 0.250. The molecule has 1 aromatic carbocycles. The zero-order valence-corrected chi connectivity index (χ0v) is 19.5. The Morgan fingerprint density at radius 1 is 1.10 bits per heavy atom. The first-order chi connectivity index (χ1) is 15.0. The minimum absolute atomic E-state index is 0.263. The van der Waals surface area contributed by atoms with Crippen LogP contribution in [0.1, 0.15) is 19.3 Å². The fourth-order valence-corrected chi connectivity index (χ4v) is 8.06. The lowest BCUT2D eigenvalue weighted by molar-refractivity contribution is -0.120. The number of hydrogen-bond donors (Lipinski definition) is 1. The van der Waals surface area contributed by atoms with Gasteiger partial charge in [-0.2, -0.15) is 4.31 Å². The van der Waals surface area contributed by atoms with Gasteiger partial charge < -0.3 is 5.32 Å². The summed E-state index contributed by atoms with van der Waals surface area (Å²) in [5, 5.41) is 7.64. The van der Waals surface area contributed by atoms with Crippen LogP contribution in [-0.4, -0.2) is 41.2 Å². The number of para-hydroxylation sites is 1. The van der Waals surface area contributed by atoms with Crippen molar-refractivity contribution < 1.29 is 13.2 Å². The van der Waals surface area contributed by atoms with Crippen LogP contribution in [0, 0.1) is 0 Å². The molecule has 4 heterocycles. The van der Waals surface area contributed by atoms with Crippen molar-refractivity contribution in [2.45, 2.75) is 29.5 Å². The van der Waals surface area contributed by atoms with Gasteiger partial charge in [-0.1, -0.05) is 24.6 Å². The Hall–Kier alpha value is -2.18. The van der Waals surface area contributed by atoms with Gasteiger partial charge in [-0.25, -0.2) is 18.4 Å². The molecule has 1 aliphatic rings. The summed E-state index contributed by atoms with van der Waals surface area (Å²) in [7, 11) is -3.69. The van der Waals surface area contributed by atoms with Crippen molar-refractivity contribution in [3.8, 4) is 10.7 Å². The van der Waals surface area contributed by atoms with E-state index in [2.05, 4.69) is 15.3 Å². The minimum Gasteiger partial charge on any atom is -0.301 e. The Labute approximate surface area is 191 Å². The SMILES string of the molecule is O=C(Nc1nc(-c2nc3ccccc3s2)cs1)C1CCCCN1S(=O)(=O)c1cccs1. The summed E-state index contributed by atoms with van der Waals surface area (Å²) in [5.74, 6) is -0.343. The average molecular weight is 491 g/mol. The Kier molecular flexibility index (Phi) is 5.61. The van der Waals surface area contributed by atoms with E-state index in [1.165, 1.54) is 27.0 Å². The summed E-state index contributed by atoms with van der Waals surface area (Å²) in [6.45, 7) is 0.340. The lowest BCUT2D eigenvalue weighted by Crippen LogP contribution is -2.49. The van der Waals surface area contributed by atoms with Gasteiger partial charge in [0, 0.05) is 11.9 Å². The molecule has 1 fully saturated rings. The highest BCUT2D eigenvalue weighted by Crippen LogP contribution is 2.33. The third kappa shape index (κ3) is 4.03. The molecular formula is C20H18N4O3S4. The van der Waals surface area contributed by atoms with Gasteiger partial charge in [0.25, 0.3) is 10.0 Å². The minimum atomic E-state index is -3.69. The standard InChI is InChI=1S/C20H18N4O3S4/c25-18(15-7-3-4-10-24(15)31(26,27)17-9-5-11-28-17)23-20-22-14(12-29-20)19-21-13-6-1-2-8-16(13)30-19/h1-2,5-6,8-9,11-12,15H,3-4,7,10H2,(H,22,23,25). The largest absolute Gasteiger partial charge is 0.301 e. The number of nitrogens with one attached hydrogen (secondary N) is 1. The summed E-state index contributed by atoms with van der Waals surface area (Å²) in [4.78, 5) is 22.1. The van der Waals surface area contributed by atoms with Gasteiger partial charge in [0.2, 0.25) is 5.91 Å². The average Bonchev–Trinajstić information content (AvgIpc) is 3.53. The van der Waals surface area contributed by atoms with Crippen LogP contribution in [0.3, 0.4) is 0 Å². The molecule has 11 heteroatoms. The lowest BCUT2D eigenvalue weighted by atomic mass is 10.0. The first-order valence-electron chi connectivity index (χ1n) is 9.70. The number of aromatic nitrogens is 2. The number of nitrogens with zero attached hydrogens (tertiary/aromatic N) is 3. The van der Waals surface area contributed by atoms with Crippen LogP contribution in [0.2, 0.25) is 0 Å². The molecule has 1 atom stereocenters. The zero-order valence-electron chi connectivity index (χ0n) is 16.2. The number of anilines is 1. The number of sulfonamides is 1. The van der Waals surface area contributed by atoms with E-state index in [1.54, 1.807) is 28.8 Å². The molecule has 31 heavy (non-hydrogen) atoms. The summed E-state index contributed by atoms with van der Waals surface area (Å²) in [6, 6.07) is 10.4. The third-order valence-corrected chi connectivity index (χ3v) is 10.2.